The van der Waals surface area contributed by atoms with Gasteiger partial charge in [0.15, 0.2) is 11.4 Å². The minimum Gasteiger partial charge on any atom is -0.493 e. The van der Waals surface area contributed by atoms with Crippen LogP contribution in [0.4, 0.5) is 5.69 Å². The molecule has 0 bridgehead atoms. The van der Waals surface area contributed by atoms with Crippen LogP contribution in [0, 0.1) is 6.92 Å². The van der Waals surface area contributed by atoms with Gasteiger partial charge in [0.05, 0.1) is 18.5 Å². The van der Waals surface area contributed by atoms with Crippen LogP contribution in [-0.4, -0.2) is 16.5 Å². The summed E-state index contributed by atoms with van der Waals surface area (Å²) >= 11 is 6.07. The summed E-state index contributed by atoms with van der Waals surface area (Å²) in [5, 5.41) is 0.445. The van der Waals surface area contributed by atoms with Gasteiger partial charge in [0.25, 0.3) is 0 Å². The van der Waals surface area contributed by atoms with E-state index < -0.39 is 0 Å². The lowest BCUT2D eigenvalue weighted by atomic mass is 10.4. The number of ether oxygens (including phenoxy) is 1. The number of aromatic nitrogens is 2. The highest BCUT2D eigenvalue weighted by atomic mass is 35.5. The lowest BCUT2D eigenvalue weighted by molar-refractivity contribution is 0.417. The zero-order valence-corrected chi connectivity index (χ0v) is 8.67. The van der Waals surface area contributed by atoms with Gasteiger partial charge in [0, 0.05) is 12.4 Å². The standard InChI is InChI=1S/C9H10ClN3O/c1-5-3-13-4-6(11)8(14-2)7(10)9(13)12-5/h3-4H,11H2,1-2H3. The summed E-state index contributed by atoms with van der Waals surface area (Å²) in [4.78, 5) is 4.26. The molecule has 0 aliphatic rings. The number of nitrogen functional groups attached to an aromatic ring is 1. The maximum absolute atomic E-state index is 6.07. The highest BCUT2D eigenvalue weighted by Crippen LogP contribution is 2.33. The molecule has 0 spiro atoms. The lowest BCUT2D eigenvalue weighted by Crippen LogP contribution is -1.97. The highest BCUT2D eigenvalue weighted by molar-refractivity contribution is 6.35. The van der Waals surface area contributed by atoms with Crippen molar-refractivity contribution in [2.45, 2.75) is 6.92 Å². The molecule has 2 N–H and O–H groups in total. The van der Waals surface area contributed by atoms with Crippen molar-refractivity contribution >= 4 is 22.9 Å². The maximum Gasteiger partial charge on any atom is 0.165 e. The molecule has 0 unspecified atom stereocenters. The summed E-state index contributed by atoms with van der Waals surface area (Å²) < 4.78 is 6.87. The molecule has 14 heavy (non-hydrogen) atoms. The molecule has 2 rings (SSSR count). The molecule has 0 aromatic carbocycles. The van der Waals surface area contributed by atoms with Crippen molar-refractivity contribution in [3.8, 4) is 5.75 Å². The fourth-order valence-corrected chi connectivity index (χ4v) is 1.75. The van der Waals surface area contributed by atoms with E-state index in [9.17, 15) is 0 Å². The molecule has 0 aliphatic carbocycles. The van der Waals surface area contributed by atoms with Gasteiger partial charge in [-0.2, -0.15) is 0 Å². The van der Waals surface area contributed by atoms with E-state index in [4.69, 9.17) is 22.1 Å². The second-order valence-electron chi connectivity index (χ2n) is 3.04. The van der Waals surface area contributed by atoms with Crippen LogP contribution in [0.3, 0.4) is 0 Å². The molecular formula is C9H10ClN3O. The molecule has 0 radical (unpaired) electrons. The second-order valence-corrected chi connectivity index (χ2v) is 3.42. The smallest absolute Gasteiger partial charge is 0.165 e. The number of fused-ring (bicyclic) bond motifs is 1. The molecule has 2 aromatic heterocycles. The quantitative estimate of drug-likeness (QED) is 0.784. The number of nitrogens with zero attached hydrogens (tertiary/aromatic N) is 2. The summed E-state index contributed by atoms with van der Waals surface area (Å²) in [5.41, 5.74) is 7.80. The van der Waals surface area contributed by atoms with E-state index in [2.05, 4.69) is 4.98 Å². The Labute approximate surface area is 86.3 Å². The predicted molar refractivity (Wildman–Crippen MR) is 55.9 cm³/mol. The fraction of sp³-hybridized carbons (Fsp3) is 0.222. The molecule has 0 aliphatic heterocycles. The molecule has 5 heteroatoms. The van der Waals surface area contributed by atoms with Gasteiger partial charge in [-0.25, -0.2) is 4.98 Å². The van der Waals surface area contributed by atoms with Crippen molar-refractivity contribution in [1.82, 2.24) is 9.38 Å². The summed E-state index contributed by atoms with van der Waals surface area (Å²) in [7, 11) is 1.53. The van der Waals surface area contributed by atoms with E-state index in [0.29, 0.717) is 22.1 Å². The van der Waals surface area contributed by atoms with Crippen LogP contribution in [0.25, 0.3) is 5.65 Å². The fourth-order valence-electron chi connectivity index (χ4n) is 1.42. The van der Waals surface area contributed by atoms with E-state index in [0.717, 1.165) is 5.69 Å². The van der Waals surface area contributed by atoms with Gasteiger partial charge in [0.1, 0.15) is 5.02 Å². The van der Waals surface area contributed by atoms with Crippen LogP contribution in [0.15, 0.2) is 12.4 Å². The van der Waals surface area contributed by atoms with Crippen LogP contribution >= 0.6 is 11.6 Å². The number of methoxy groups -OCH3 is 1. The van der Waals surface area contributed by atoms with Gasteiger partial charge in [-0.3, -0.25) is 0 Å². The summed E-state index contributed by atoms with van der Waals surface area (Å²) in [5.74, 6) is 0.477. The van der Waals surface area contributed by atoms with E-state index in [1.54, 1.807) is 10.6 Å². The number of hydrogen-bond donors (Lipinski definition) is 1. The third-order valence-electron chi connectivity index (χ3n) is 1.99. The summed E-state index contributed by atoms with van der Waals surface area (Å²) in [6.45, 7) is 1.89. The van der Waals surface area contributed by atoms with E-state index in [1.807, 2.05) is 13.1 Å². The largest absolute Gasteiger partial charge is 0.493 e. The first-order valence-electron chi connectivity index (χ1n) is 4.10. The van der Waals surface area contributed by atoms with Gasteiger partial charge in [-0.1, -0.05) is 11.6 Å². The van der Waals surface area contributed by atoms with Crippen LogP contribution in [-0.2, 0) is 0 Å². The molecule has 4 nitrogen and oxygen atoms in total. The third-order valence-corrected chi connectivity index (χ3v) is 2.33. The number of aryl methyl sites for hydroxylation is 1. The molecule has 2 heterocycles. The summed E-state index contributed by atoms with van der Waals surface area (Å²) in [6, 6.07) is 0. The Kier molecular flexibility index (Phi) is 2.00. The van der Waals surface area contributed by atoms with Crippen LogP contribution in [0.2, 0.25) is 5.02 Å². The van der Waals surface area contributed by atoms with Crippen molar-refractivity contribution in [1.29, 1.82) is 0 Å². The number of imidazole rings is 1. The monoisotopic (exact) mass is 211 g/mol. The van der Waals surface area contributed by atoms with Crippen molar-refractivity contribution in [3.63, 3.8) is 0 Å². The minimum absolute atomic E-state index is 0.445. The van der Waals surface area contributed by atoms with Crippen LogP contribution < -0.4 is 10.5 Å². The molecule has 0 atom stereocenters. The Bertz CT molecular complexity index is 492. The Balaban J connectivity index is 2.84. The zero-order chi connectivity index (χ0) is 10.3. The van der Waals surface area contributed by atoms with Gasteiger partial charge in [-0.15, -0.1) is 0 Å². The molecule has 0 saturated heterocycles. The van der Waals surface area contributed by atoms with Crippen molar-refractivity contribution in [2.75, 3.05) is 12.8 Å². The highest BCUT2D eigenvalue weighted by Gasteiger charge is 2.12. The van der Waals surface area contributed by atoms with E-state index in [1.165, 1.54) is 7.11 Å². The van der Waals surface area contributed by atoms with Crippen LogP contribution in [0.5, 0.6) is 5.75 Å². The second kappa shape index (κ2) is 3.06. The summed E-state index contributed by atoms with van der Waals surface area (Å²) in [6.07, 6.45) is 3.59. The third kappa shape index (κ3) is 1.19. The Morgan fingerprint density at radius 3 is 2.86 bits per heavy atom. The first-order valence-corrected chi connectivity index (χ1v) is 4.48. The number of rotatable bonds is 1. The lowest BCUT2D eigenvalue weighted by Gasteiger charge is -2.07. The topological polar surface area (TPSA) is 52.5 Å². The molecule has 0 fully saturated rings. The Morgan fingerprint density at radius 1 is 1.50 bits per heavy atom. The van der Waals surface area contributed by atoms with Crippen molar-refractivity contribution in [3.05, 3.63) is 23.1 Å². The van der Waals surface area contributed by atoms with Gasteiger partial charge < -0.3 is 14.9 Å². The van der Waals surface area contributed by atoms with E-state index in [-0.39, 0.29) is 0 Å². The molecule has 0 saturated carbocycles. The van der Waals surface area contributed by atoms with E-state index >= 15 is 0 Å². The van der Waals surface area contributed by atoms with Gasteiger partial charge >= 0.3 is 0 Å². The number of hydrogen-bond acceptors (Lipinski definition) is 3. The average Bonchev–Trinajstić information content (AvgIpc) is 2.47. The Hall–Kier alpha value is -1.42. The normalized spacial score (nSPS) is 10.8. The predicted octanol–water partition coefficient (Wildman–Crippen LogP) is 1.89. The average molecular weight is 212 g/mol. The number of nitrogens with two attached hydrogens (primary N) is 1. The molecule has 74 valence electrons. The molecular weight excluding hydrogens is 202 g/mol. The number of pyridine rings is 1. The van der Waals surface area contributed by atoms with Gasteiger partial charge in [0.2, 0.25) is 0 Å². The first-order chi connectivity index (χ1) is 6.63. The van der Waals surface area contributed by atoms with Crippen LogP contribution in [0.1, 0.15) is 5.69 Å². The molecule has 0 amide bonds. The zero-order valence-electron chi connectivity index (χ0n) is 7.91. The number of anilines is 1. The van der Waals surface area contributed by atoms with Gasteiger partial charge in [-0.05, 0) is 6.92 Å². The molecule has 2 aromatic rings. The number of halogens is 1. The van der Waals surface area contributed by atoms with Crippen molar-refractivity contribution in [2.24, 2.45) is 0 Å². The SMILES string of the molecule is COc1c(N)cn2cc(C)nc2c1Cl. The Morgan fingerprint density at radius 2 is 2.21 bits per heavy atom. The van der Waals surface area contributed by atoms with Crippen molar-refractivity contribution < 1.29 is 4.74 Å². The maximum atomic E-state index is 6.07. The minimum atomic E-state index is 0.445. The first kappa shape index (κ1) is 9.15.